The zero-order chi connectivity index (χ0) is 14.8. The van der Waals surface area contributed by atoms with Crippen molar-refractivity contribution in [2.75, 3.05) is 6.54 Å². The van der Waals surface area contributed by atoms with E-state index < -0.39 is 11.9 Å². The van der Waals surface area contributed by atoms with Gasteiger partial charge in [0.25, 0.3) is 0 Å². The molecule has 3 rings (SSSR count). The highest BCUT2D eigenvalue weighted by Crippen LogP contribution is 2.21. The minimum absolute atomic E-state index is 0.110. The standard InChI is InChI=1S/C14H10FN3O3/c15-10-3-1-9(2-4-10)12-6-5-11(21-12)7-16-18-8-13(19)17-14(18)20/h1-7H,8H2,(H,17,19,20). The zero-order valence-corrected chi connectivity index (χ0v) is 10.7. The molecule has 1 N–H and O–H groups in total. The molecule has 0 unspecified atom stereocenters. The third-order valence-corrected chi connectivity index (χ3v) is 2.85. The van der Waals surface area contributed by atoms with Crippen LogP contribution < -0.4 is 5.32 Å². The van der Waals surface area contributed by atoms with Crippen LogP contribution in [0.25, 0.3) is 11.3 Å². The van der Waals surface area contributed by atoms with Crippen molar-refractivity contribution in [1.82, 2.24) is 10.3 Å². The summed E-state index contributed by atoms with van der Waals surface area (Å²) in [6, 6.07) is 8.68. The summed E-state index contributed by atoms with van der Waals surface area (Å²) in [5, 5.41) is 6.98. The van der Waals surface area contributed by atoms with E-state index in [4.69, 9.17) is 4.42 Å². The second kappa shape index (κ2) is 5.20. The first-order chi connectivity index (χ1) is 10.1. The number of rotatable bonds is 3. The minimum atomic E-state index is -0.568. The number of urea groups is 1. The summed E-state index contributed by atoms with van der Waals surface area (Å²) >= 11 is 0. The number of imide groups is 1. The van der Waals surface area contributed by atoms with Crippen molar-refractivity contribution in [2.24, 2.45) is 5.10 Å². The first kappa shape index (κ1) is 13.0. The molecule has 106 valence electrons. The van der Waals surface area contributed by atoms with E-state index in [2.05, 4.69) is 10.4 Å². The molecule has 1 fully saturated rings. The van der Waals surface area contributed by atoms with E-state index in [1.165, 1.54) is 18.3 Å². The molecule has 2 heterocycles. The average molecular weight is 287 g/mol. The van der Waals surface area contributed by atoms with E-state index in [1.54, 1.807) is 24.3 Å². The molecule has 1 aliphatic heterocycles. The molecule has 1 aromatic heterocycles. The second-order valence-electron chi connectivity index (χ2n) is 4.36. The smallest absolute Gasteiger partial charge is 0.344 e. The highest BCUT2D eigenvalue weighted by Gasteiger charge is 2.25. The minimum Gasteiger partial charge on any atom is -0.455 e. The maximum atomic E-state index is 12.8. The summed E-state index contributed by atoms with van der Waals surface area (Å²) in [4.78, 5) is 22.3. The maximum Gasteiger partial charge on any atom is 0.344 e. The van der Waals surface area contributed by atoms with Crippen LogP contribution in [-0.2, 0) is 4.79 Å². The van der Waals surface area contributed by atoms with E-state index in [9.17, 15) is 14.0 Å². The Morgan fingerprint density at radius 1 is 1.19 bits per heavy atom. The van der Waals surface area contributed by atoms with Crippen LogP contribution in [0.2, 0.25) is 0 Å². The number of nitrogens with zero attached hydrogens (tertiary/aromatic N) is 2. The van der Waals surface area contributed by atoms with Gasteiger partial charge in [-0.1, -0.05) is 0 Å². The van der Waals surface area contributed by atoms with Gasteiger partial charge in [-0.3, -0.25) is 10.1 Å². The zero-order valence-electron chi connectivity index (χ0n) is 10.7. The summed E-state index contributed by atoms with van der Waals surface area (Å²) in [6.07, 6.45) is 1.34. The van der Waals surface area contributed by atoms with Crippen molar-refractivity contribution < 1.29 is 18.4 Å². The van der Waals surface area contributed by atoms with Gasteiger partial charge in [0.1, 0.15) is 23.9 Å². The molecule has 1 aromatic carbocycles. The number of carbonyl (C=O) groups excluding carboxylic acids is 2. The molecular formula is C14H10FN3O3. The van der Waals surface area contributed by atoms with Gasteiger partial charge in [0.15, 0.2) is 0 Å². The van der Waals surface area contributed by atoms with Crippen LogP contribution in [-0.4, -0.2) is 29.7 Å². The number of furan rings is 1. The van der Waals surface area contributed by atoms with Crippen molar-refractivity contribution in [3.63, 3.8) is 0 Å². The largest absolute Gasteiger partial charge is 0.455 e. The number of hydrazone groups is 1. The molecule has 0 aliphatic carbocycles. The Kier molecular flexibility index (Phi) is 3.23. The molecule has 1 aliphatic rings. The van der Waals surface area contributed by atoms with E-state index in [1.807, 2.05) is 0 Å². The van der Waals surface area contributed by atoms with Gasteiger partial charge in [0, 0.05) is 5.56 Å². The lowest BCUT2D eigenvalue weighted by molar-refractivity contribution is -0.118. The maximum absolute atomic E-state index is 12.8. The summed E-state index contributed by atoms with van der Waals surface area (Å²) < 4.78 is 18.4. The van der Waals surface area contributed by atoms with Gasteiger partial charge in [-0.2, -0.15) is 5.10 Å². The van der Waals surface area contributed by atoms with Gasteiger partial charge in [-0.05, 0) is 36.4 Å². The fourth-order valence-electron chi connectivity index (χ4n) is 1.84. The van der Waals surface area contributed by atoms with Crippen molar-refractivity contribution in [3.05, 3.63) is 48.0 Å². The normalized spacial score (nSPS) is 15.0. The molecule has 6 nitrogen and oxygen atoms in total. The van der Waals surface area contributed by atoms with Crippen LogP contribution >= 0.6 is 0 Å². The van der Waals surface area contributed by atoms with Gasteiger partial charge < -0.3 is 4.42 Å². The molecule has 2 aromatic rings. The van der Waals surface area contributed by atoms with Gasteiger partial charge in [-0.15, -0.1) is 0 Å². The first-order valence-corrected chi connectivity index (χ1v) is 6.13. The molecule has 0 radical (unpaired) electrons. The van der Waals surface area contributed by atoms with E-state index in [-0.39, 0.29) is 12.4 Å². The summed E-state index contributed by atoms with van der Waals surface area (Å²) in [6.45, 7) is -0.110. The van der Waals surface area contributed by atoms with Crippen LogP contribution in [0.5, 0.6) is 0 Å². The topological polar surface area (TPSA) is 74.9 Å². The Labute approximate surface area is 118 Å². The van der Waals surface area contributed by atoms with Crippen LogP contribution in [0.15, 0.2) is 45.9 Å². The SMILES string of the molecule is O=C1CN(N=Cc2ccc(-c3ccc(F)cc3)o2)C(=O)N1. The molecule has 3 amide bonds. The van der Waals surface area contributed by atoms with Gasteiger partial charge in [0.05, 0.1) is 6.21 Å². The van der Waals surface area contributed by atoms with Crippen LogP contribution in [0.1, 0.15) is 5.76 Å². The molecular weight excluding hydrogens is 277 g/mol. The van der Waals surface area contributed by atoms with Crippen molar-refractivity contribution in [3.8, 4) is 11.3 Å². The number of benzene rings is 1. The summed E-state index contributed by atoms with van der Waals surface area (Å²) in [5.74, 6) is 0.250. The Hall–Kier alpha value is -2.96. The third kappa shape index (κ3) is 2.81. The van der Waals surface area contributed by atoms with Gasteiger partial charge >= 0.3 is 6.03 Å². The van der Waals surface area contributed by atoms with E-state index in [0.717, 1.165) is 10.6 Å². The number of halogens is 1. The molecule has 7 heteroatoms. The van der Waals surface area contributed by atoms with E-state index >= 15 is 0 Å². The quantitative estimate of drug-likeness (QED) is 0.692. The molecule has 0 atom stereocenters. The average Bonchev–Trinajstić information content (AvgIpc) is 3.04. The fraction of sp³-hybridized carbons (Fsp3) is 0.0714. The summed E-state index contributed by atoms with van der Waals surface area (Å²) in [7, 11) is 0. The molecule has 0 saturated carbocycles. The molecule has 0 bridgehead atoms. The predicted molar refractivity (Wildman–Crippen MR) is 71.9 cm³/mol. The summed E-state index contributed by atoms with van der Waals surface area (Å²) in [5.41, 5.74) is 0.727. The fourth-order valence-corrected chi connectivity index (χ4v) is 1.84. The second-order valence-corrected chi connectivity index (χ2v) is 4.36. The first-order valence-electron chi connectivity index (χ1n) is 6.13. The monoisotopic (exact) mass is 287 g/mol. The van der Waals surface area contributed by atoms with Crippen LogP contribution in [0.4, 0.5) is 9.18 Å². The lowest BCUT2D eigenvalue weighted by Crippen LogP contribution is -2.24. The highest BCUT2D eigenvalue weighted by molar-refractivity contribution is 6.02. The lowest BCUT2D eigenvalue weighted by Gasteiger charge is -2.02. The Morgan fingerprint density at radius 2 is 1.95 bits per heavy atom. The highest BCUT2D eigenvalue weighted by atomic mass is 19.1. The molecule has 1 saturated heterocycles. The number of carbonyl (C=O) groups is 2. The van der Waals surface area contributed by atoms with Gasteiger partial charge in [-0.25, -0.2) is 14.2 Å². The Balaban J connectivity index is 1.75. The third-order valence-electron chi connectivity index (χ3n) is 2.85. The van der Waals surface area contributed by atoms with Crippen molar-refractivity contribution in [2.45, 2.75) is 0 Å². The number of hydrogen-bond donors (Lipinski definition) is 1. The molecule has 21 heavy (non-hydrogen) atoms. The van der Waals surface area contributed by atoms with Crippen molar-refractivity contribution in [1.29, 1.82) is 0 Å². The molecule has 0 spiro atoms. The predicted octanol–water partition coefficient (Wildman–Crippen LogP) is 1.97. The Bertz CT molecular complexity index is 721. The van der Waals surface area contributed by atoms with Crippen LogP contribution in [0.3, 0.4) is 0 Å². The van der Waals surface area contributed by atoms with Crippen molar-refractivity contribution >= 4 is 18.2 Å². The number of amides is 3. The van der Waals surface area contributed by atoms with Crippen LogP contribution in [0, 0.1) is 5.82 Å². The van der Waals surface area contributed by atoms with Gasteiger partial charge in [0.2, 0.25) is 5.91 Å². The number of hydrogen-bond acceptors (Lipinski definition) is 4. The Morgan fingerprint density at radius 3 is 2.62 bits per heavy atom. The lowest BCUT2D eigenvalue weighted by atomic mass is 10.2. The van der Waals surface area contributed by atoms with E-state index in [0.29, 0.717) is 11.5 Å². The number of nitrogens with one attached hydrogen (secondary N) is 1.